The largest absolute Gasteiger partial charge is 0.370 e. The van der Waals surface area contributed by atoms with Gasteiger partial charge in [-0.1, -0.05) is 81.6 Å². The van der Waals surface area contributed by atoms with Crippen LogP contribution in [0.25, 0.3) is 0 Å². The van der Waals surface area contributed by atoms with E-state index in [2.05, 4.69) is 49.1 Å². The molecule has 0 unspecified atom stereocenters. The number of nitrogens with one attached hydrogen (secondary N) is 1. The number of carbonyl (C=O) groups is 1. The molecule has 41 heavy (non-hydrogen) atoms. The van der Waals surface area contributed by atoms with Gasteiger partial charge in [0.15, 0.2) is 5.96 Å². The molecule has 3 rings (SSSR count). The molecule has 10 heteroatoms. The van der Waals surface area contributed by atoms with Crippen molar-refractivity contribution in [2.45, 2.75) is 59.7 Å². The zero-order valence-electron chi connectivity index (χ0n) is 24.1. The molecule has 1 amide bonds. The zero-order chi connectivity index (χ0) is 29.9. The highest BCUT2D eigenvalue weighted by atomic mass is 35.5. The van der Waals surface area contributed by atoms with Crippen LogP contribution < -0.4 is 11.1 Å². The van der Waals surface area contributed by atoms with Crippen molar-refractivity contribution in [3.63, 3.8) is 0 Å². The number of aliphatic imine (C=N–C) groups is 1. The number of guanidine groups is 1. The van der Waals surface area contributed by atoms with Gasteiger partial charge in [-0.05, 0) is 41.2 Å². The minimum atomic E-state index is -0.187. The Morgan fingerprint density at radius 1 is 1.20 bits per heavy atom. The van der Waals surface area contributed by atoms with Gasteiger partial charge in [-0.25, -0.2) is 4.98 Å². The predicted molar refractivity (Wildman–Crippen MR) is 166 cm³/mol. The minimum Gasteiger partial charge on any atom is -0.370 e. The molecule has 0 spiro atoms. The lowest BCUT2D eigenvalue weighted by atomic mass is 9.98. The number of nitrogens with zero attached hydrogens (tertiary/aromatic N) is 5. The fourth-order valence-electron chi connectivity index (χ4n) is 4.32. The Morgan fingerprint density at radius 3 is 2.59 bits per heavy atom. The second-order valence-electron chi connectivity index (χ2n) is 10.7. The highest BCUT2D eigenvalue weighted by molar-refractivity contribution is 6.42. The molecule has 0 radical (unpaired) electrons. The first-order chi connectivity index (χ1) is 19.6. The molecule has 0 aliphatic rings. The van der Waals surface area contributed by atoms with Gasteiger partial charge in [0.25, 0.3) is 0 Å². The van der Waals surface area contributed by atoms with Crippen LogP contribution in [0.3, 0.4) is 0 Å². The Balaban J connectivity index is 1.77. The lowest BCUT2D eigenvalue weighted by Crippen LogP contribution is -2.50. The number of nitriles is 1. The Labute approximate surface area is 253 Å². The fraction of sp³-hybridized carbons (Fsp3) is 0.419. The van der Waals surface area contributed by atoms with E-state index in [0.717, 1.165) is 23.2 Å². The van der Waals surface area contributed by atoms with Crippen LogP contribution in [-0.2, 0) is 24.3 Å². The van der Waals surface area contributed by atoms with Crippen LogP contribution in [0.15, 0.2) is 60.0 Å². The second kappa shape index (κ2) is 15.5. The summed E-state index contributed by atoms with van der Waals surface area (Å²) in [4.78, 5) is 24.2. The van der Waals surface area contributed by atoms with Crippen LogP contribution in [-0.4, -0.2) is 45.4 Å². The van der Waals surface area contributed by atoms with E-state index < -0.39 is 0 Å². The van der Waals surface area contributed by atoms with Crippen LogP contribution in [0, 0.1) is 23.2 Å². The lowest BCUT2D eigenvalue weighted by Gasteiger charge is -2.32. The molecule has 0 saturated heterocycles. The van der Waals surface area contributed by atoms with Gasteiger partial charge < -0.3 is 20.5 Å². The van der Waals surface area contributed by atoms with Gasteiger partial charge in [-0.2, -0.15) is 5.26 Å². The summed E-state index contributed by atoms with van der Waals surface area (Å²) in [6.07, 6.45) is 4.48. The topological polar surface area (TPSA) is 112 Å². The van der Waals surface area contributed by atoms with Crippen LogP contribution in [0.5, 0.6) is 0 Å². The molecule has 2 aromatic carbocycles. The molecule has 0 saturated carbocycles. The molecule has 3 aromatic rings. The smallest absolute Gasteiger partial charge is 0.226 e. The lowest BCUT2D eigenvalue weighted by molar-refractivity contribution is -0.121. The molecule has 218 valence electrons. The quantitative estimate of drug-likeness (QED) is 0.196. The highest BCUT2D eigenvalue weighted by Gasteiger charge is 2.24. The molecule has 0 fully saturated rings. The van der Waals surface area contributed by atoms with E-state index in [9.17, 15) is 4.79 Å². The summed E-state index contributed by atoms with van der Waals surface area (Å²) in [7, 11) is 0. The summed E-state index contributed by atoms with van der Waals surface area (Å²) in [5.41, 5.74) is 9.77. The SMILES string of the molecule is CC[C@H](C)[C@@H](CN(Cc1cccc(Cl)c1Cl)C(N)=NCC(C)C)NC(=O)Cc1cncn1Cc1ccc(C#N)cc1. The average molecular weight is 597 g/mol. The van der Waals surface area contributed by atoms with E-state index in [1.165, 1.54) is 0 Å². The molecule has 0 bridgehead atoms. The summed E-state index contributed by atoms with van der Waals surface area (Å²) in [6, 6.07) is 14.9. The molecule has 0 aliphatic carbocycles. The van der Waals surface area contributed by atoms with Crippen molar-refractivity contribution in [3.8, 4) is 6.07 Å². The number of hydrogen-bond acceptors (Lipinski definition) is 4. The Morgan fingerprint density at radius 2 is 1.93 bits per heavy atom. The minimum absolute atomic E-state index is 0.102. The van der Waals surface area contributed by atoms with E-state index in [0.29, 0.717) is 53.7 Å². The molecule has 1 aromatic heterocycles. The van der Waals surface area contributed by atoms with Crippen LogP contribution >= 0.6 is 23.2 Å². The van der Waals surface area contributed by atoms with Gasteiger partial charge >= 0.3 is 0 Å². The maximum absolute atomic E-state index is 13.3. The van der Waals surface area contributed by atoms with E-state index in [4.69, 9.17) is 34.2 Å². The standard InChI is InChI=1S/C31H39Cl2N7O/c1-5-22(4)28(19-39(31(35)37-15-21(2)3)18-25-7-6-8-27(32)30(25)33)38-29(41)13-26-16-36-20-40(26)17-24-11-9-23(14-34)10-12-24/h6-12,16,20-22,28H,5,13,15,17-19H2,1-4H3,(H2,35,37)(H,38,41)/t22-,28+/m0/s1. The Bertz CT molecular complexity index is 1360. The average Bonchev–Trinajstić information content (AvgIpc) is 3.38. The number of carbonyl (C=O) groups excluding carboxylic acids is 1. The maximum atomic E-state index is 13.3. The van der Waals surface area contributed by atoms with Gasteiger partial charge in [0.1, 0.15) is 0 Å². The van der Waals surface area contributed by atoms with E-state index >= 15 is 0 Å². The Hall–Kier alpha value is -3.54. The molecule has 8 nitrogen and oxygen atoms in total. The maximum Gasteiger partial charge on any atom is 0.226 e. The Kier molecular flexibility index (Phi) is 12.1. The number of aromatic nitrogens is 2. The number of benzene rings is 2. The monoisotopic (exact) mass is 595 g/mol. The van der Waals surface area contributed by atoms with Crippen molar-refractivity contribution in [2.75, 3.05) is 13.1 Å². The van der Waals surface area contributed by atoms with Gasteiger partial charge in [-0.3, -0.25) is 9.79 Å². The van der Waals surface area contributed by atoms with E-state index in [1.54, 1.807) is 30.7 Å². The normalized spacial score (nSPS) is 13.1. The molecular weight excluding hydrogens is 557 g/mol. The summed E-state index contributed by atoms with van der Waals surface area (Å²) >= 11 is 12.8. The van der Waals surface area contributed by atoms with E-state index in [-0.39, 0.29) is 24.3 Å². The number of imidazole rings is 1. The van der Waals surface area contributed by atoms with Crippen LogP contribution in [0.1, 0.15) is 56.5 Å². The van der Waals surface area contributed by atoms with Crippen molar-refractivity contribution in [1.29, 1.82) is 5.26 Å². The van der Waals surface area contributed by atoms with Gasteiger partial charge in [0, 0.05) is 44.1 Å². The summed E-state index contributed by atoms with van der Waals surface area (Å²) in [5.74, 6) is 0.829. The van der Waals surface area contributed by atoms with Crippen molar-refractivity contribution >= 4 is 35.1 Å². The highest BCUT2D eigenvalue weighted by Crippen LogP contribution is 2.27. The molecule has 3 N–H and O–H groups in total. The number of hydrogen-bond donors (Lipinski definition) is 2. The second-order valence-corrected chi connectivity index (χ2v) is 11.5. The summed E-state index contributed by atoms with van der Waals surface area (Å²) in [5, 5.41) is 13.3. The third-order valence-electron chi connectivity index (χ3n) is 7.01. The first-order valence-corrected chi connectivity index (χ1v) is 14.6. The first kappa shape index (κ1) is 32.0. The molecule has 2 atom stereocenters. The van der Waals surface area contributed by atoms with Crippen molar-refractivity contribution in [2.24, 2.45) is 22.6 Å². The predicted octanol–water partition coefficient (Wildman–Crippen LogP) is 5.66. The van der Waals surface area contributed by atoms with Gasteiger partial charge in [0.2, 0.25) is 5.91 Å². The van der Waals surface area contributed by atoms with Gasteiger partial charge in [-0.15, -0.1) is 0 Å². The summed E-state index contributed by atoms with van der Waals surface area (Å²) in [6.45, 7) is 10.4. The van der Waals surface area contributed by atoms with Gasteiger partial charge in [0.05, 0.1) is 34.4 Å². The van der Waals surface area contributed by atoms with Crippen LogP contribution in [0.4, 0.5) is 0 Å². The first-order valence-electron chi connectivity index (χ1n) is 13.9. The van der Waals surface area contributed by atoms with Crippen molar-refractivity contribution < 1.29 is 4.79 Å². The number of nitrogens with two attached hydrogens (primary N) is 1. The van der Waals surface area contributed by atoms with Crippen LogP contribution in [0.2, 0.25) is 10.0 Å². The number of halogens is 2. The zero-order valence-corrected chi connectivity index (χ0v) is 25.7. The van der Waals surface area contributed by atoms with Crippen molar-refractivity contribution in [3.05, 3.63) is 87.4 Å². The van der Waals surface area contributed by atoms with E-state index in [1.807, 2.05) is 33.7 Å². The molecule has 1 heterocycles. The molecular formula is C31H39Cl2N7O. The summed E-state index contributed by atoms with van der Waals surface area (Å²) < 4.78 is 1.95. The third kappa shape index (κ3) is 9.51. The van der Waals surface area contributed by atoms with Crippen molar-refractivity contribution in [1.82, 2.24) is 19.8 Å². The number of amides is 1. The molecule has 0 aliphatic heterocycles. The third-order valence-corrected chi connectivity index (χ3v) is 7.86. The number of rotatable bonds is 13. The fourth-order valence-corrected chi connectivity index (χ4v) is 4.70.